The minimum Gasteiger partial charge on any atom is -0.489 e. The number of benzene rings is 1. The Balaban J connectivity index is 1.37. The fourth-order valence-electron chi connectivity index (χ4n) is 5.00. The van der Waals surface area contributed by atoms with Gasteiger partial charge in [-0.3, -0.25) is 4.79 Å². The van der Waals surface area contributed by atoms with Gasteiger partial charge in [-0.1, -0.05) is 12.8 Å². The summed E-state index contributed by atoms with van der Waals surface area (Å²) in [5.41, 5.74) is 5.81. The van der Waals surface area contributed by atoms with Crippen molar-refractivity contribution in [2.45, 2.75) is 51.0 Å². The molecule has 7 heteroatoms. The lowest BCUT2D eigenvalue weighted by Crippen LogP contribution is -2.39. The normalized spacial score (nSPS) is 23.8. The molecule has 1 aliphatic heterocycles. The smallest absolute Gasteiger partial charge is 0.223 e. The third-order valence-electron chi connectivity index (χ3n) is 6.92. The maximum Gasteiger partial charge on any atom is 0.223 e. The zero-order valence-electron chi connectivity index (χ0n) is 18.4. The van der Waals surface area contributed by atoms with Gasteiger partial charge in [0, 0.05) is 20.2 Å². The number of hydrogen-bond donors (Lipinski definition) is 1. The van der Waals surface area contributed by atoms with Gasteiger partial charge >= 0.3 is 0 Å². The van der Waals surface area contributed by atoms with Crippen LogP contribution in [-0.4, -0.2) is 50.3 Å². The number of primary amides is 1. The van der Waals surface area contributed by atoms with Crippen molar-refractivity contribution < 1.29 is 18.7 Å². The molecular weight excluding hydrogens is 397 g/mol. The summed E-state index contributed by atoms with van der Waals surface area (Å²) in [6.07, 6.45) is 7.47. The van der Waals surface area contributed by atoms with Crippen molar-refractivity contribution in [1.29, 1.82) is 5.26 Å². The van der Waals surface area contributed by atoms with E-state index in [-0.39, 0.29) is 23.5 Å². The average Bonchev–Trinajstić information content (AvgIpc) is 2.78. The molecule has 170 valence electrons. The Hall–Kier alpha value is -2.17. The van der Waals surface area contributed by atoms with Crippen LogP contribution in [0.4, 0.5) is 4.39 Å². The highest BCUT2D eigenvalue weighted by atomic mass is 19.1. The highest BCUT2D eigenvalue weighted by Gasteiger charge is 2.31. The molecule has 1 saturated heterocycles. The highest BCUT2D eigenvalue weighted by molar-refractivity contribution is 5.77. The van der Waals surface area contributed by atoms with Crippen LogP contribution in [0.3, 0.4) is 0 Å². The number of halogens is 1. The van der Waals surface area contributed by atoms with Crippen molar-refractivity contribution in [1.82, 2.24) is 4.90 Å². The topological polar surface area (TPSA) is 88.6 Å². The second-order valence-electron chi connectivity index (χ2n) is 8.94. The number of methoxy groups -OCH3 is 1. The van der Waals surface area contributed by atoms with E-state index >= 15 is 0 Å². The molecule has 0 aromatic heterocycles. The van der Waals surface area contributed by atoms with Crippen molar-refractivity contribution in [3.63, 3.8) is 0 Å². The molecule has 1 heterocycles. The Morgan fingerprint density at radius 2 is 1.97 bits per heavy atom. The van der Waals surface area contributed by atoms with E-state index in [4.69, 9.17) is 15.2 Å². The SMILES string of the molecule is COCC(C(N)=O)C1CCC(CCN2CCC(Oc3ccc(F)cc3C#N)CC2)CC1. The van der Waals surface area contributed by atoms with Crippen LogP contribution in [0.15, 0.2) is 18.2 Å². The standard InChI is InChI=1S/C24H34FN3O3/c1-30-16-22(24(27)29)18-4-2-17(3-5-18)8-11-28-12-9-21(10-13-28)31-23-7-6-20(25)14-19(23)15-26/h6-7,14,17-18,21-22H,2-5,8-13,16H2,1H3,(H2,27,29). The van der Waals surface area contributed by atoms with Crippen LogP contribution < -0.4 is 10.5 Å². The Labute approximate surface area is 184 Å². The quantitative estimate of drug-likeness (QED) is 0.647. The fraction of sp³-hybridized carbons (Fsp3) is 0.667. The third kappa shape index (κ3) is 6.65. The summed E-state index contributed by atoms with van der Waals surface area (Å²) in [4.78, 5) is 14.2. The number of carbonyl (C=O) groups is 1. The van der Waals surface area contributed by atoms with Gasteiger partial charge in [-0.05, 0) is 68.7 Å². The number of likely N-dealkylation sites (tertiary alicyclic amines) is 1. The molecule has 1 aromatic rings. The summed E-state index contributed by atoms with van der Waals surface area (Å²) in [6.45, 7) is 3.45. The van der Waals surface area contributed by atoms with Crippen LogP contribution in [0, 0.1) is 34.9 Å². The first-order valence-electron chi connectivity index (χ1n) is 11.4. The number of amides is 1. The van der Waals surface area contributed by atoms with Gasteiger partial charge < -0.3 is 20.1 Å². The van der Waals surface area contributed by atoms with Crippen molar-refractivity contribution in [3.05, 3.63) is 29.6 Å². The third-order valence-corrected chi connectivity index (χ3v) is 6.92. The molecule has 0 spiro atoms. The molecule has 2 N–H and O–H groups in total. The summed E-state index contributed by atoms with van der Waals surface area (Å²) in [6, 6.07) is 6.11. The second-order valence-corrected chi connectivity index (χ2v) is 8.94. The van der Waals surface area contributed by atoms with Crippen LogP contribution in [0.25, 0.3) is 0 Å². The lowest BCUT2D eigenvalue weighted by Gasteiger charge is -2.35. The predicted molar refractivity (Wildman–Crippen MR) is 116 cm³/mol. The molecule has 1 atom stereocenters. The zero-order chi connectivity index (χ0) is 22.2. The van der Waals surface area contributed by atoms with Crippen LogP contribution in [0.2, 0.25) is 0 Å². The molecule has 0 bridgehead atoms. The zero-order valence-corrected chi connectivity index (χ0v) is 18.4. The van der Waals surface area contributed by atoms with E-state index in [9.17, 15) is 14.4 Å². The van der Waals surface area contributed by atoms with Gasteiger partial charge in [0.05, 0.1) is 18.1 Å². The Morgan fingerprint density at radius 1 is 1.26 bits per heavy atom. The Bertz CT molecular complexity index is 766. The van der Waals surface area contributed by atoms with E-state index < -0.39 is 5.82 Å². The molecular formula is C24H34FN3O3. The number of carbonyl (C=O) groups excluding carboxylic acids is 1. The molecule has 1 aliphatic carbocycles. The molecule has 31 heavy (non-hydrogen) atoms. The van der Waals surface area contributed by atoms with Crippen molar-refractivity contribution in [2.24, 2.45) is 23.5 Å². The van der Waals surface area contributed by atoms with Crippen molar-refractivity contribution in [2.75, 3.05) is 33.4 Å². The maximum absolute atomic E-state index is 13.3. The van der Waals surface area contributed by atoms with Crippen LogP contribution in [0.1, 0.15) is 50.5 Å². The molecule has 1 unspecified atom stereocenters. The van der Waals surface area contributed by atoms with E-state index in [1.165, 1.54) is 18.6 Å². The summed E-state index contributed by atoms with van der Waals surface area (Å²) in [5.74, 6) is 0.717. The number of nitrogens with two attached hydrogens (primary N) is 1. The Kier molecular flexibility index (Phi) is 8.68. The number of ether oxygens (including phenoxy) is 2. The van der Waals surface area contributed by atoms with E-state index in [1.54, 1.807) is 13.2 Å². The summed E-state index contributed by atoms with van der Waals surface area (Å²) in [7, 11) is 1.62. The van der Waals surface area contributed by atoms with Crippen LogP contribution in [-0.2, 0) is 9.53 Å². The number of hydrogen-bond acceptors (Lipinski definition) is 5. The lowest BCUT2D eigenvalue weighted by molar-refractivity contribution is -0.126. The summed E-state index contributed by atoms with van der Waals surface area (Å²) >= 11 is 0. The lowest BCUT2D eigenvalue weighted by atomic mass is 9.75. The minimum absolute atomic E-state index is 0.0655. The molecule has 3 rings (SSSR count). The first-order valence-corrected chi connectivity index (χ1v) is 11.4. The van der Waals surface area contributed by atoms with E-state index in [1.807, 2.05) is 6.07 Å². The largest absolute Gasteiger partial charge is 0.489 e. The molecule has 2 fully saturated rings. The Morgan fingerprint density at radius 3 is 2.58 bits per heavy atom. The second kappa shape index (κ2) is 11.4. The fourth-order valence-corrected chi connectivity index (χ4v) is 5.00. The first-order chi connectivity index (χ1) is 15.0. The molecule has 0 radical (unpaired) electrons. The monoisotopic (exact) mass is 431 g/mol. The molecule has 6 nitrogen and oxygen atoms in total. The minimum atomic E-state index is -0.420. The van der Waals surface area contributed by atoms with Crippen LogP contribution >= 0.6 is 0 Å². The molecule has 1 amide bonds. The van der Waals surface area contributed by atoms with Crippen molar-refractivity contribution >= 4 is 5.91 Å². The van der Waals surface area contributed by atoms with E-state index in [0.29, 0.717) is 24.2 Å². The highest BCUT2D eigenvalue weighted by Crippen LogP contribution is 2.35. The number of rotatable bonds is 9. The molecule has 1 aromatic carbocycles. The van der Waals surface area contributed by atoms with E-state index in [2.05, 4.69) is 4.90 Å². The van der Waals surface area contributed by atoms with Crippen molar-refractivity contribution in [3.8, 4) is 11.8 Å². The molecule has 2 aliphatic rings. The summed E-state index contributed by atoms with van der Waals surface area (Å²) < 4.78 is 24.5. The van der Waals surface area contributed by atoms with Gasteiger partial charge in [-0.15, -0.1) is 0 Å². The van der Waals surface area contributed by atoms with Gasteiger partial charge in [0.1, 0.15) is 23.7 Å². The summed E-state index contributed by atoms with van der Waals surface area (Å²) in [5, 5.41) is 9.17. The van der Waals surface area contributed by atoms with Gasteiger partial charge in [0.2, 0.25) is 5.91 Å². The van der Waals surface area contributed by atoms with Crippen LogP contribution in [0.5, 0.6) is 5.75 Å². The predicted octanol–water partition coefficient (Wildman–Crippen LogP) is 3.48. The van der Waals surface area contributed by atoms with Gasteiger partial charge in [0.15, 0.2) is 0 Å². The first kappa shape index (κ1) is 23.5. The van der Waals surface area contributed by atoms with Gasteiger partial charge in [0.25, 0.3) is 0 Å². The molecule has 1 saturated carbocycles. The average molecular weight is 432 g/mol. The van der Waals surface area contributed by atoms with Gasteiger partial charge in [-0.25, -0.2) is 4.39 Å². The van der Waals surface area contributed by atoms with E-state index in [0.717, 1.165) is 58.2 Å². The number of nitrogens with zero attached hydrogens (tertiary/aromatic N) is 2. The number of nitriles is 1. The maximum atomic E-state index is 13.3. The number of piperidine rings is 1. The van der Waals surface area contributed by atoms with Gasteiger partial charge in [-0.2, -0.15) is 5.26 Å².